The van der Waals surface area contributed by atoms with E-state index in [1.165, 1.54) is 12.0 Å². The molecule has 0 saturated carbocycles. The van der Waals surface area contributed by atoms with Crippen LogP contribution in [0.1, 0.15) is 249 Å². The van der Waals surface area contributed by atoms with Gasteiger partial charge in [0.2, 0.25) is 0 Å². The number of hydrogen-bond donors (Lipinski definition) is 8. The van der Waals surface area contributed by atoms with Gasteiger partial charge in [0, 0.05) is 82.5 Å². The number of esters is 6. The van der Waals surface area contributed by atoms with Crippen LogP contribution < -0.4 is 0 Å². The van der Waals surface area contributed by atoms with E-state index in [0.29, 0.717) is 122 Å². The lowest BCUT2D eigenvalue weighted by atomic mass is 10.1. The molecular formula is C93H152Br8O37. The second-order valence-corrected chi connectivity index (χ2v) is 45.1. The number of hydrogen-bond acceptors (Lipinski definition) is 37. The van der Waals surface area contributed by atoms with E-state index in [9.17, 15) is 67.1 Å². The van der Waals surface area contributed by atoms with Crippen molar-refractivity contribution in [3.63, 3.8) is 0 Å². The van der Waals surface area contributed by atoms with Crippen LogP contribution in [0.3, 0.4) is 0 Å². The Bertz CT molecular complexity index is 3270. The average Bonchev–Trinajstić information content (AvgIpc) is 0.896. The van der Waals surface area contributed by atoms with Gasteiger partial charge in [-0.1, -0.05) is 180 Å². The zero-order chi connectivity index (χ0) is 111. The van der Waals surface area contributed by atoms with E-state index >= 15 is 0 Å². The Balaban J connectivity index is -0.000000144. The van der Waals surface area contributed by atoms with Crippen molar-refractivity contribution in [2.75, 3.05) is 6.61 Å². The molecule has 802 valence electrons. The fraction of sp³-hybridized carbons (Fsp3) is 0.656. The summed E-state index contributed by atoms with van der Waals surface area (Å²) in [5, 5.41) is 68.2. The third kappa shape index (κ3) is 96.9. The van der Waals surface area contributed by atoms with E-state index in [-0.39, 0.29) is 147 Å². The Morgan fingerprint density at radius 2 is 0.543 bits per heavy atom. The van der Waals surface area contributed by atoms with Crippen molar-refractivity contribution >= 4 is 218 Å². The normalized spacial score (nSPS) is 14.4. The number of carbonyl (C=O) groups is 14. The van der Waals surface area contributed by atoms with E-state index in [2.05, 4.69) is 226 Å². The fourth-order valence-electron chi connectivity index (χ4n) is 8.12. The predicted octanol–water partition coefficient (Wildman–Crippen LogP) is 20.6. The maximum atomic E-state index is 11.5. The lowest BCUT2D eigenvalue weighted by Gasteiger charge is -2.22. The summed E-state index contributed by atoms with van der Waals surface area (Å²) in [4.78, 5) is 190. The number of aldehydes is 6. The summed E-state index contributed by atoms with van der Waals surface area (Å²) in [6.07, 6.45) is 4.65. The largest absolute Gasteiger partial charge is 0.465 e. The van der Waals surface area contributed by atoms with Crippen LogP contribution in [0.25, 0.3) is 0 Å². The number of alkyl halides is 8. The minimum atomic E-state index is -0.708. The highest BCUT2D eigenvalue weighted by molar-refractivity contribution is 9.11. The van der Waals surface area contributed by atoms with Gasteiger partial charge in [-0.2, -0.15) is 0 Å². The molecule has 0 saturated heterocycles. The van der Waals surface area contributed by atoms with Crippen molar-refractivity contribution in [2.24, 2.45) is 11.8 Å². The van der Waals surface area contributed by atoms with E-state index in [1.54, 1.807) is 159 Å². The molecule has 0 bridgehead atoms. The lowest BCUT2D eigenvalue weighted by Crippen LogP contribution is -2.31. The van der Waals surface area contributed by atoms with Crippen LogP contribution in [0.15, 0.2) is 104 Å². The molecule has 0 radical (unpaired) electrons. The van der Waals surface area contributed by atoms with Crippen LogP contribution in [0.4, 0.5) is 0 Å². The summed E-state index contributed by atoms with van der Waals surface area (Å²) >= 11 is 25.2. The molecule has 8 N–H and O–H groups in total. The second kappa shape index (κ2) is 94.1. The highest BCUT2D eigenvalue weighted by Gasteiger charge is 2.32. The summed E-state index contributed by atoms with van der Waals surface area (Å²) in [6, 6.07) is 0. The Hall–Kier alpha value is -5.25. The van der Waals surface area contributed by atoms with Gasteiger partial charge in [-0.15, -0.1) is 6.58 Å². The molecule has 0 rings (SSSR count). The van der Waals surface area contributed by atoms with Gasteiger partial charge < -0.3 is 57.2 Å². The summed E-state index contributed by atoms with van der Waals surface area (Å²) in [6.45, 7) is 71.7. The maximum Gasteiger partial charge on any atom is 0.322 e. The number of carbonyl (C=O) groups excluding carboxylic acids is 15. The van der Waals surface area contributed by atoms with Crippen molar-refractivity contribution in [1.29, 1.82) is 0 Å². The van der Waals surface area contributed by atoms with Gasteiger partial charge >= 0.3 is 35.8 Å². The lowest BCUT2D eigenvalue weighted by molar-refractivity contribution is -0.273. The van der Waals surface area contributed by atoms with E-state index in [0.717, 1.165) is 12.8 Å². The first kappa shape index (κ1) is 155. The Labute approximate surface area is 881 Å². The molecule has 0 aliphatic carbocycles. The minimum absolute atomic E-state index is 0.0166. The number of ketones is 2. The van der Waals surface area contributed by atoms with Gasteiger partial charge in [0.25, 0.3) is 0 Å². The summed E-state index contributed by atoms with van der Waals surface area (Å²) in [5.41, 5.74) is 4.70. The summed E-state index contributed by atoms with van der Waals surface area (Å²) in [5.74, 6) is -1.56. The van der Waals surface area contributed by atoms with Gasteiger partial charge in [0.1, 0.15) is 162 Å². The first-order chi connectivity index (χ1) is 63.5. The third-order valence-corrected chi connectivity index (χ3v) is 19.7. The monoisotopic (exact) mass is 2490 g/mol. The quantitative estimate of drug-likeness (QED) is 0.00323. The highest BCUT2D eigenvalue weighted by Crippen LogP contribution is 2.26. The van der Waals surface area contributed by atoms with Crippen LogP contribution in [-0.4, -0.2) is 256 Å². The zero-order valence-electron chi connectivity index (χ0n) is 83.5. The Morgan fingerprint density at radius 3 is 0.688 bits per heavy atom. The van der Waals surface area contributed by atoms with Crippen molar-refractivity contribution < 1.29 is 181 Å². The highest BCUT2D eigenvalue weighted by atomic mass is 79.9. The van der Waals surface area contributed by atoms with Crippen molar-refractivity contribution in [2.45, 2.75) is 366 Å². The molecular weight excluding hydrogens is 2350 g/mol. The molecule has 0 aliphatic rings. The van der Waals surface area contributed by atoms with Crippen LogP contribution in [0.5, 0.6) is 0 Å². The Kier molecular flexibility index (Phi) is 106. The van der Waals surface area contributed by atoms with E-state index in [1.807, 2.05) is 0 Å². The molecule has 0 aromatic carbocycles. The molecule has 18 atom stereocenters. The molecule has 0 spiro atoms. The number of Topliss-reactive ketones (excluding diaryl/α,β-unsaturated/α-hetero) is 2. The predicted molar refractivity (Wildman–Crippen MR) is 553 cm³/mol. The van der Waals surface area contributed by atoms with E-state index in [4.69, 9.17) is 75.3 Å². The van der Waals surface area contributed by atoms with Crippen LogP contribution in [0, 0.1) is 11.8 Å². The zero-order valence-corrected chi connectivity index (χ0v) is 96.2. The van der Waals surface area contributed by atoms with E-state index < -0.39 is 67.5 Å². The number of halogens is 8. The molecule has 0 aromatic heterocycles. The molecule has 18 unspecified atom stereocenters. The molecule has 0 fully saturated rings. The van der Waals surface area contributed by atoms with Gasteiger partial charge in [-0.25, -0.2) is 43.9 Å². The van der Waals surface area contributed by atoms with Gasteiger partial charge in [0.15, 0.2) is 0 Å². The van der Waals surface area contributed by atoms with Crippen molar-refractivity contribution in [3.05, 3.63) is 104 Å². The molecule has 0 aromatic rings. The molecule has 0 amide bonds. The van der Waals surface area contributed by atoms with Gasteiger partial charge in [0.05, 0.1) is 16.3 Å². The smallest absolute Gasteiger partial charge is 0.322 e. The fourth-order valence-corrected chi connectivity index (χ4v) is 9.12. The number of rotatable bonds is 58. The Morgan fingerprint density at radius 1 is 0.341 bits per heavy atom. The van der Waals surface area contributed by atoms with Gasteiger partial charge in [-0.05, 0) is 224 Å². The molecule has 37 nitrogen and oxygen atoms in total. The molecule has 138 heavy (non-hydrogen) atoms. The third-order valence-electron chi connectivity index (χ3n) is 16.6. The average molecular weight is 2500 g/mol. The second-order valence-electron chi connectivity index (χ2n) is 32.3. The van der Waals surface area contributed by atoms with Gasteiger partial charge in [-0.3, -0.25) is 80.4 Å². The molecule has 0 aliphatic heterocycles. The first-order valence-corrected chi connectivity index (χ1v) is 49.4. The number of unbranched alkanes of at least 4 members (excludes halogenated alkanes) is 1. The van der Waals surface area contributed by atoms with Crippen LogP contribution >= 0.6 is 127 Å². The summed E-state index contributed by atoms with van der Waals surface area (Å²) < 4.78 is 28.5. The van der Waals surface area contributed by atoms with Crippen LogP contribution in [0.2, 0.25) is 0 Å². The minimum Gasteiger partial charge on any atom is -0.465 e. The maximum absolute atomic E-state index is 11.5. The molecule has 45 heteroatoms. The molecule has 0 heterocycles. The first-order valence-electron chi connectivity index (χ1n) is 42.5. The summed E-state index contributed by atoms with van der Waals surface area (Å²) in [7, 11) is 0. The SMILES string of the molecule is C=C(C)C(CC(=O)C(C)Br)OO.C=C(C)C(CC(=O)C(C)Br)OO.C=C(C)C(CC(C)OC(=O)C(C)(C)Br)OO.C=C(C)C(CC(C)OC(=O)C(C)(C)Br)OO.C=C(C)C(CC(C)OC(=O)C(C)(C)Br)OO.C=C(C)C(CC(C)OC(=O)C(C)Br)OO.C=C(C)C(CC(C)OC(=O)C(C)Br)OO.C=C=O.C=CC(CCCCOC(=O)C(C)Br)OO.O=CCC(C=O)CC=O.O=CCC(C=O)CC=O. The van der Waals surface area contributed by atoms with Crippen LogP contribution in [-0.2, 0) is 139 Å². The van der Waals surface area contributed by atoms with Crippen molar-refractivity contribution in [3.8, 4) is 0 Å². The standard InChI is InChI=1S/3C11H19BrO4.3C10H17BrO4.2C8H13BrO3.2C6H8O3.C2H2O/c3*1-7(2)9(16-14)6-8(3)15-10(13)11(4,5)12;2*1-6(2)9(15-13)5-7(3)14-10(12)8(4)11;1-3-9(15-13)6-4-5-7-14-10(12)8(2)11;2*1-5(2)8(12-11)4-7(10)6(3)9;2*7-3-1-6(5-9)2-4-8;1-2-3/h3*8-9,14H,1,6H2,2-5H3;2*7-9,13H,1,5H2,2-4H3;3,8-9,13H,1,4-7H2,2H3;2*6,8,11H,1,4H2,2-3H3;2*3-6H,1-2H2;1H2. The topological polar surface area (TPSA) is 547 Å². The number of ether oxygens (including phenoxy) is 6. The van der Waals surface area contributed by atoms with Crippen molar-refractivity contribution in [1.82, 2.24) is 0 Å².